The van der Waals surface area contributed by atoms with Crippen LogP contribution in [0.15, 0.2) is 27.1 Å². The van der Waals surface area contributed by atoms with E-state index in [9.17, 15) is 9.90 Å². The van der Waals surface area contributed by atoms with Gasteiger partial charge in [-0.15, -0.1) is 6.26 Å². The summed E-state index contributed by atoms with van der Waals surface area (Å²) in [7, 11) is 0. The van der Waals surface area contributed by atoms with Crippen LogP contribution in [0.4, 0.5) is 0 Å². The number of carbonyl (C=O) groups excluding carboxylic acids is 1. The van der Waals surface area contributed by atoms with Crippen molar-refractivity contribution >= 4 is 35.5 Å². The highest BCUT2D eigenvalue weighted by Gasteiger charge is 2.20. The SMILES string of the molecule is CCC1=NC(=c2cc3c(cc2=C[O-])CCCC3)C(CC)=NC1=NC(CC)CC=O. The first-order valence-corrected chi connectivity index (χ1v) is 10.8. The first-order valence-electron chi connectivity index (χ1n) is 10.8. The molecule has 1 atom stereocenters. The van der Waals surface area contributed by atoms with Crippen molar-refractivity contribution in [1.82, 2.24) is 0 Å². The second-order valence-electron chi connectivity index (χ2n) is 7.62. The molecule has 5 nitrogen and oxygen atoms in total. The second-order valence-corrected chi connectivity index (χ2v) is 7.62. The van der Waals surface area contributed by atoms with Gasteiger partial charge in [0.15, 0.2) is 5.84 Å². The van der Waals surface area contributed by atoms with Crippen LogP contribution in [0.25, 0.3) is 12.0 Å². The lowest BCUT2D eigenvalue weighted by atomic mass is 9.90. The van der Waals surface area contributed by atoms with E-state index in [1.165, 1.54) is 24.0 Å². The molecule has 29 heavy (non-hydrogen) atoms. The number of aliphatic imine (C=N–C) groups is 3. The van der Waals surface area contributed by atoms with Gasteiger partial charge in [-0.05, 0) is 67.4 Å². The molecule has 0 fully saturated rings. The molecule has 1 aliphatic carbocycles. The molecule has 0 saturated carbocycles. The van der Waals surface area contributed by atoms with Gasteiger partial charge in [0, 0.05) is 11.6 Å². The number of hydrogen-bond donors (Lipinski definition) is 0. The molecule has 5 heteroatoms. The third-order valence-electron chi connectivity index (χ3n) is 5.73. The first kappa shape index (κ1) is 21.2. The zero-order valence-electron chi connectivity index (χ0n) is 17.7. The second kappa shape index (κ2) is 9.77. The molecule has 1 unspecified atom stereocenters. The summed E-state index contributed by atoms with van der Waals surface area (Å²) in [5.41, 5.74) is 5.07. The van der Waals surface area contributed by atoms with Gasteiger partial charge in [0.2, 0.25) is 0 Å². The van der Waals surface area contributed by atoms with Crippen molar-refractivity contribution in [3.63, 3.8) is 0 Å². The van der Waals surface area contributed by atoms with E-state index >= 15 is 0 Å². The van der Waals surface area contributed by atoms with Crippen LogP contribution >= 0.6 is 0 Å². The van der Waals surface area contributed by atoms with Crippen molar-refractivity contribution in [1.29, 1.82) is 0 Å². The molecule has 2 aliphatic rings. The van der Waals surface area contributed by atoms with Gasteiger partial charge >= 0.3 is 0 Å². The fourth-order valence-electron chi connectivity index (χ4n) is 4.00. The van der Waals surface area contributed by atoms with Crippen molar-refractivity contribution in [3.8, 4) is 0 Å². The van der Waals surface area contributed by atoms with Crippen molar-refractivity contribution in [3.05, 3.63) is 33.7 Å². The molecule has 1 heterocycles. The number of rotatable bonds is 6. The molecule has 154 valence electrons. The monoisotopic (exact) mass is 392 g/mol. The molecule has 1 aromatic carbocycles. The Morgan fingerprint density at radius 2 is 1.76 bits per heavy atom. The van der Waals surface area contributed by atoms with Gasteiger partial charge in [-0.3, -0.25) is 4.99 Å². The number of aldehydes is 1. The maximum atomic E-state index is 11.9. The lowest BCUT2D eigenvalue weighted by Gasteiger charge is -2.19. The van der Waals surface area contributed by atoms with Crippen molar-refractivity contribution < 1.29 is 9.90 Å². The van der Waals surface area contributed by atoms with Crippen LogP contribution in [0.2, 0.25) is 0 Å². The number of carbonyl (C=O) groups is 1. The quantitative estimate of drug-likeness (QED) is 0.696. The summed E-state index contributed by atoms with van der Waals surface area (Å²) in [6, 6.07) is 4.12. The van der Waals surface area contributed by atoms with Crippen LogP contribution in [0.3, 0.4) is 0 Å². The Bertz CT molecular complexity index is 986. The highest BCUT2D eigenvalue weighted by molar-refractivity contribution is 6.48. The predicted octanol–water partition coefficient (Wildman–Crippen LogP) is 2.25. The molecule has 0 saturated heterocycles. The third-order valence-corrected chi connectivity index (χ3v) is 5.73. The molecule has 1 aliphatic heterocycles. The van der Waals surface area contributed by atoms with Crippen LogP contribution in [0.5, 0.6) is 0 Å². The molecule has 3 rings (SSSR count). The van der Waals surface area contributed by atoms with Gasteiger partial charge in [-0.1, -0.05) is 26.8 Å². The minimum Gasteiger partial charge on any atom is -0.877 e. The summed E-state index contributed by atoms with van der Waals surface area (Å²) in [5, 5.41) is 13.4. The maximum absolute atomic E-state index is 11.9. The van der Waals surface area contributed by atoms with Crippen LogP contribution in [0, 0.1) is 0 Å². The number of hydrogen-bond acceptors (Lipinski definition) is 4. The summed E-state index contributed by atoms with van der Waals surface area (Å²) in [4.78, 5) is 25.4. The average molecular weight is 393 g/mol. The van der Waals surface area contributed by atoms with Crippen LogP contribution in [-0.4, -0.2) is 29.6 Å². The smallest absolute Gasteiger partial charge is 0.169 e. The number of amidine groups is 1. The van der Waals surface area contributed by atoms with E-state index in [-0.39, 0.29) is 6.04 Å². The molecule has 0 aromatic heterocycles. The summed E-state index contributed by atoms with van der Waals surface area (Å²) in [6.07, 6.45) is 8.88. The lowest BCUT2D eigenvalue weighted by Crippen LogP contribution is -2.35. The Morgan fingerprint density at radius 3 is 2.34 bits per heavy atom. The van der Waals surface area contributed by atoms with Gasteiger partial charge in [-0.2, -0.15) is 0 Å². The van der Waals surface area contributed by atoms with E-state index in [4.69, 9.17) is 15.0 Å². The standard InChI is InChI=1S/C24H31N3O2/c1-4-19(11-12-28)25-24-22(6-3)26-23(21(5-2)27-24)20-14-17-10-8-7-9-16(17)13-18(20)15-29/h12-15,19,29H,4-11H2,1-3H3/p-1. The Labute approximate surface area is 172 Å². The fourth-order valence-corrected chi connectivity index (χ4v) is 4.00. The van der Waals surface area contributed by atoms with E-state index in [0.717, 1.165) is 54.1 Å². The topological polar surface area (TPSA) is 77.2 Å². The Kier molecular flexibility index (Phi) is 7.13. The summed E-state index contributed by atoms with van der Waals surface area (Å²) in [6.45, 7) is 6.10. The van der Waals surface area contributed by atoms with Crippen molar-refractivity contribution in [2.75, 3.05) is 0 Å². The largest absolute Gasteiger partial charge is 0.877 e. The molecular weight excluding hydrogens is 362 g/mol. The predicted molar refractivity (Wildman–Crippen MR) is 118 cm³/mol. The summed E-state index contributed by atoms with van der Waals surface area (Å²) in [5.74, 6) is 0.632. The Balaban J connectivity index is 2.21. The normalized spacial score (nSPS) is 21.5. The van der Waals surface area contributed by atoms with Gasteiger partial charge < -0.3 is 9.90 Å². The Morgan fingerprint density at radius 1 is 1.07 bits per heavy atom. The van der Waals surface area contributed by atoms with Gasteiger partial charge in [0.05, 0.1) is 23.2 Å². The number of aryl methyl sites for hydroxylation is 2. The van der Waals surface area contributed by atoms with E-state index < -0.39 is 0 Å². The molecule has 0 N–H and O–H groups in total. The maximum Gasteiger partial charge on any atom is 0.169 e. The van der Waals surface area contributed by atoms with Crippen molar-refractivity contribution in [2.45, 2.75) is 78.2 Å². The van der Waals surface area contributed by atoms with Gasteiger partial charge in [0.1, 0.15) is 6.29 Å². The lowest BCUT2D eigenvalue weighted by molar-refractivity contribution is -0.229. The number of nitrogens with zero attached hydrogens (tertiary/aromatic N) is 3. The minimum absolute atomic E-state index is 0.0723. The fraction of sp³-hybridized carbons (Fsp3) is 0.500. The zero-order chi connectivity index (χ0) is 20.8. The molecule has 0 radical (unpaired) electrons. The molecule has 1 aromatic rings. The highest BCUT2D eigenvalue weighted by atomic mass is 16.2. The number of benzene rings is 1. The summed E-state index contributed by atoms with van der Waals surface area (Å²) >= 11 is 0. The highest BCUT2D eigenvalue weighted by Crippen LogP contribution is 2.20. The van der Waals surface area contributed by atoms with Crippen molar-refractivity contribution in [2.24, 2.45) is 15.0 Å². The summed E-state index contributed by atoms with van der Waals surface area (Å²) < 4.78 is 0. The van der Waals surface area contributed by atoms with Crippen LogP contribution < -0.4 is 15.5 Å². The Hall–Kier alpha value is -2.56. The molecule has 0 spiro atoms. The van der Waals surface area contributed by atoms with Crippen LogP contribution in [0.1, 0.15) is 70.4 Å². The van der Waals surface area contributed by atoms with Crippen LogP contribution in [-0.2, 0) is 17.6 Å². The zero-order valence-corrected chi connectivity index (χ0v) is 17.7. The van der Waals surface area contributed by atoms with Gasteiger partial charge in [-0.25, -0.2) is 9.98 Å². The molecule has 0 bridgehead atoms. The van der Waals surface area contributed by atoms with Gasteiger partial charge in [0.25, 0.3) is 0 Å². The first-order chi connectivity index (χ1) is 14.1. The minimum atomic E-state index is -0.0723. The average Bonchev–Trinajstić information content (AvgIpc) is 2.77. The third kappa shape index (κ3) is 4.55. The molecular formula is C24H30N3O2-. The molecule has 0 amide bonds. The van der Waals surface area contributed by atoms with E-state index in [0.29, 0.717) is 30.3 Å². The van der Waals surface area contributed by atoms with E-state index in [1.807, 2.05) is 26.8 Å². The van der Waals surface area contributed by atoms with E-state index in [1.54, 1.807) is 0 Å². The van der Waals surface area contributed by atoms with E-state index in [2.05, 4.69) is 6.07 Å². The number of fused-ring (bicyclic) bond motifs is 1.